The largest absolute Gasteiger partial charge is 0.357 e. The summed E-state index contributed by atoms with van der Waals surface area (Å²) in [6.45, 7) is 4.15. The number of nitrogens with zero attached hydrogens (tertiary/aromatic N) is 5. The number of carbonyl (C=O) groups is 1. The molecule has 3 rings (SSSR count). The summed E-state index contributed by atoms with van der Waals surface area (Å²) in [5.41, 5.74) is 2.84. The zero-order valence-corrected chi connectivity index (χ0v) is 18.8. The molecular formula is C22H28ClN7O. The molecule has 0 saturated heterocycles. The lowest BCUT2D eigenvalue weighted by Crippen LogP contribution is -2.38. The number of aromatic nitrogens is 3. The molecule has 2 aromatic heterocycles. The van der Waals surface area contributed by atoms with Crippen LogP contribution in [0.2, 0.25) is 5.02 Å². The molecule has 0 aliphatic rings. The van der Waals surface area contributed by atoms with Gasteiger partial charge in [0, 0.05) is 50.6 Å². The van der Waals surface area contributed by atoms with E-state index in [0.29, 0.717) is 13.1 Å². The second kappa shape index (κ2) is 10.7. The van der Waals surface area contributed by atoms with Gasteiger partial charge < -0.3 is 20.1 Å². The van der Waals surface area contributed by atoms with Crippen LogP contribution >= 0.6 is 11.6 Å². The Hall–Kier alpha value is -3.26. The second-order valence-electron chi connectivity index (χ2n) is 7.24. The quantitative estimate of drug-likeness (QED) is 0.416. The predicted octanol–water partition coefficient (Wildman–Crippen LogP) is 3.11. The van der Waals surface area contributed by atoms with Crippen LogP contribution in [0.4, 0.5) is 5.69 Å². The highest BCUT2D eigenvalue weighted by Gasteiger charge is 2.10. The monoisotopic (exact) mass is 441 g/mol. The normalized spacial score (nSPS) is 11.4. The molecule has 31 heavy (non-hydrogen) atoms. The zero-order chi connectivity index (χ0) is 22.2. The van der Waals surface area contributed by atoms with Crippen molar-refractivity contribution in [1.29, 1.82) is 0 Å². The summed E-state index contributed by atoms with van der Waals surface area (Å²) >= 11 is 6.10. The molecule has 3 aromatic rings. The summed E-state index contributed by atoms with van der Waals surface area (Å²) in [4.78, 5) is 19.0. The van der Waals surface area contributed by atoms with E-state index >= 15 is 0 Å². The molecule has 1 aromatic carbocycles. The molecule has 8 nitrogen and oxygen atoms in total. The number of aryl methyl sites for hydroxylation is 1. The molecule has 0 aliphatic heterocycles. The fraction of sp³-hybridized carbons (Fsp3) is 0.318. The van der Waals surface area contributed by atoms with Crippen LogP contribution in [0.25, 0.3) is 0 Å². The van der Waals surface area contributed by atoms with Crippen LogP contribution in [0.15, 0.2) is 60.0 Å². The lowest BCUT2D eigenvalue weighted by molar-refractivity contribution is -0.116. The van der Waals surface area contributed by atoms with Crippen LogP contribution in [0.5, 0.6) is 0 Å². The van der Waals surface area contributed by atoms with Crippen LogP contribution < -0.4 is 10.6 Å². The lowest BCUT2D eigenvalue weighted by Gasteiger charge is -2.22. The summed E-state index contributed by atoms with van der Waals surface area (Å²) in [7, 11) is 3.97. The summed E-state index contributed by atoms with van der Waals surface area (Å²) in [6.07, 6.45) is 5.30. The third kappa shape index (κ3) is 6.62. The fourth-order valence-electron chi connectivity index (χ4n) is 3.17. The number of amides is 1. The van der Waals surface area contributed by atoms with Crippen molar-refractivity contribution in [2.75, 3.05) is 18.9 Å². The maximum absolute atomic E-state index is 12.2. The van der Waals surface area contributed by atoms with Crippen molar-refractivity contribution in [1.82, 2.24) is 24.6 Å². The molecule has 0 saturated carbocycles. The molecule has 0 unspecified atom stereocenters. The molecule has 0 bridgehead atoms. The number of hydrogen-bond donors (Lipinski definition) is 2. The minimum absolute atomic E-state index is 0.126. The third-order valence-corrected chi connectivity index (χ3v) is 4.86. The number of aliphatic imine (C=N–C) groups is 1. The lowest BCUT2D eigenvalue weighted by atomic mass is 10.2. The van der Waals surface area contributed by atoms with Crippen molar-refractivity contribution in [3.05, 3.63) is 71.3 Å². The average Bonchev–Trinajstić information content (AvgIpc) is 3.34. The van der Waals surface area contributed by atoms with Crippen molar-refractivity contribution < 1.29 is 4.79 Å². The van der Waals surface area contributed by atoms with Gasteiger partial charge in [0.25, 0.3) is 0 Å². The Kier molecular flexibility index (Phi) is 7.72. The van der Waals surface area contributed by atoms with Gasteiger partial charge in [0.1, 0.15) is 6.54 Å². The fourth-order valence-corrected chi connectivity index (χ4v) is 3.44. The molecule has 0 atom stereocenters. The highest BCUT2D eigenvalue weighted by atomic mass is 35.5. The van der Waals surface area contributed by atoms with E-state index in [1.807, 2.05) is 62.1 Å². The molecule has 2 N–H and O–H groups in total. The summed E-state index contributed by atoms with van der Waals surface area (Å²) < 4.78 is 3.60. The summed E-state index contributed by atoms with van der Waals surface area (Å²) in [5.74, 6) is 0.673. The number of hydrogen-bond acceptors (Lipinski definition) is 3. The van der Waals surface area contributed by atoms with E-state index in [4.69, 9.17) is 16.6 Å². The number of carbonyl (C=O) groups excluding carboxylic acids is 1. The minimum Gasteiger partial charge on any atom is -0.357 e. The molecule has 9 heteroatoms. The van der Waals surface area contributed by atoms with Crippen molar-refractivity contribution in [2.24, 2.45) is 12.0 Å². The average molecular weight is 442 g/mol. The standard InChI is InChI=1S/C22H28ClN7O/c1-4-24-22(29(3)15-20-12-18(23)14-28(20)2)25-13-17-7-5-8-19(11-17)27-21(31)16-30-10-6-9-26-30/h5-12,14H,4,13,15-16H2,1-3H3,(H,24,25)(H,27,31). The third-order valence-electron chi connectivity index (χ3n) is 4.66. The van der Waals surface area contributed by atoms with Gasteiger partial charge in [-0.3, -0.25) is 9.48 Å². The number of halogens is 1. The molecule has 0 fully saturated rings. The van der Waals surface area contributed by atoms with E-state index in [0.717, 1.165) is 34.5 Å². The van der Waals surface area contributed by atoms with Crippen LogP contribution in [-0.2, 0) is 31.5 Å². The Bertz CT molecular complexity index is 1030. The maximum atomic E-state index is 12.2. The molecule has 0 radical (unpaired) electrons. The molecule has 0 aliphatic carbocycles. The molecular weight excluding hydrogens is 414 g/mol. The summed E-state index contributed by atoms with van der Waals surface area (Å²) in [6, 6.07) is 11.5. The molecule has 0 spiro atoms. The first-order chi connectivity index (χ1) is 14.9. The van der Waals surface area contributed by atoms with Gasteiger partial charge in [-0.2, -0.15) is 5.10 Å². The SMILES string of the molecule is CCNC(=NCc1cccc(NC(=O)Cn2cccn2)c1)N(C)Cc1cc(Cl)cn1C. The summed E-state index contributed by atoms with van der Waals surface area (Å²) in [5, 5.41) is 11.0. The van der Waals surface area contributed by atoms with Gasteiger partial charge in [-0.25, -0.2) is 4.99 Å². The van der Waals surface area contributed by atoms with Crippen LogP contribution in [-0.4, -0.2) is 44.7 Å². The van der Waals surface area contributed by atoms with Crippen molar-refractivity contribution in [2.45, 2.75) is 26.6 Å². The van der Waals surface area contributed by atoms with E-state index in [1.54, 1.807) is 23.1 Å². The van der Waals surface area contributed by atoms with Gasteiger partial charge in [0.2, 0.25) is 5.91 Å². The first-order valence-electron chi connectivity index (χ1n) is 10.1. The van der Waals surface area contributed by atoms with Gasteiger partial charge in [0.05, 0.1) is 18.1 Å². The number of nitrogens with one attached hydrogen (secondary N) is 2. The van der Waals surface area contributed by atoms with Gasteiger partial charge >= 0.3 is 0 Å². The smallest absolute Gasteiger partial charge is 0.246 e. The first-order valence-corrected chi connectivity index (χ1v) is 10.5. The Morgan fingerprint density at radius 1 is 1.29 bits per heavy atom. The maximum Gasteiger partial charge on any atom is 0.246 e. The topological polar surface area (TPSA) is 79.5 Å². The highest BCUT2D eigenvalue weighted by Crippen LogP contribution is 2.15. The number of guanidine groups is 1. The van der Waals surface area contributed by atoms with E-state index in [-0.39, 0.29) is 12.5 Å². The Morgan fingerprint density at radius 2 is 2.13 bits per heavy atom. The van der Waals surface area contributed by atoms with E-state index < -0.39 is 0 Å². The molecule has 2 heterocycles. The van der Waals surface area contributed by atoms with E-state index in [2.05, 4.69) is 20.6 Å². The minimum atomic E-state index is -0.126. The van der Waals surface area contributed by atoms with Crippen molar-refractivity contribution >= 4 is 29.2 Å². The van der Waals surface area contributed by atoms with Gasteiger partial charge in [-0.1, -0.05) is 23.7 Å². The first kappa shape index (κ1) is 22.4. The van der Waals surface area contributed by atoms with E-state index in [1.165, 1.54) is 0 Å². The van der Waals surface area contributed by atoms with E-state index in [9.17, 15) is 4.79 Å². The Balaban J connectivity index is 1.64. The highest BCUT2D eigenvalue weighted by molar-refractivity contribution is 6.30. The Labute approximate surface area is 187 Å². The molecule has 164 valence electrons. The van der Waals surface area contributed by atoms with Crippen molar-refractivity contribution in [3.8, 4) is 0 Å². The van der Waals surface area contributed by atoms with Crippen LogP contribution in [0.1, 0.15) is 18.2 Å². The van der Waals surface area contributed by atoms with Gasteiger partial charge in [-0.15, -0.1) is 0 Å². The Morgan fingerprint density at radius 3 is 2.81 bits per heavy atom. The predicted molar refractivity (Wildman–Crippen MR) is 124 cm³/mol. The van der Waals surface area contributed by atoms with Crippen LogP contribution in [0.3, 0.4) is 0 Å². The van der Waals surface area contributed by atoms with Crippen molar-refractivity contribution in [3.63, 3.8) is 0 Å². The number of anilines is 1. The molecule has 1 amide bonds. The zero-order valence-electron chi connectivity index (χ0n) is 18.0. The van der Waals surface area contributed by atoms with Crippen LogP contribution in [0, 0.1) is 0 Å². The van der Waals surface area contributed by atoms with Gasteiger partial charge in [0.15, 0.2) is 5.96 Å². The second-order valence-corrected chi connectivity index (χ2v) is 7.68. The number of rotatable bonds is 8. The van der Waals surface area contributed by atoms with Gasteiger partial charge in [-0.05, 0) is 36.8 Å². The number of benzene rings is 1.